The number of nitrogens with one attached hydrogen (secondary N) is 1. The fourth-order valence-corrected chi connectivity index (χ4v) is 5.73. The number of sulfonamides is 1. The van der Waals surface area contributed by atoms with E-state index in [0.29, 0.717) is 5.56 Å². The fraction of sp³-hybridized carbons (Fsp3) is 0.286. The number of imide groups is 1. The van der Waals surface area contributed by atoms with Crippen LogP contribution in [0, 0.1) is 13.8 Å². The molecule has 4 rings (SSSR count). The van der Waals surface area contributed by atoms with E-state index in [0.717, 1.165) is 20.3 Å². The van der Waals surface area contributed by atoms with Gasteiger partial charge in [-0.1, -0.05) is 47.5 Å². The summed E-state index contributed by atoms with van der Waals surface area (Å²) in [5.74, 6) is -0.586. The Kier molecular flexibility index (Phi) is 5.44. The molecule has 8 nitrogen and oxygen atoms in total. The summed E-state index contributed by atoms with van der Waals surface area (Å²) >= 11 is 5.37. The van der Waals surface area contributed by atoms with Gasteiger partial charge in [0.15, 0.2) is 5.11 Å². The minimum absolute atomic E-state index is 0.0630. The van der Waals surface area contributed by atoms with E-state index in [1.807, 2.05) is 26.0 Å². The molecule has 0 radical (unpaired) electrons. The number of nitrogens with zero attached hydrogens (tertiary/aromatic N) is 2. The van der Waals surface area contributed by atoms with E-state index in [1.165, 1.54) is 12.1 Å². The number of hydrogen-bond acceptors (Lipinski definition) is 6. The summed E-state index contributed by atoms with van der Waals surface area (Å²) < 4.78 is 33.0. The normalized spacial score (nSPS) is 21.2. The Morgan fingerprint density at radius 2 is 1.65 bits per heavy atom. The molecule has 0 spiro atoms. The number of ether oxygens (including phenoxy) is 1. The lowest BCUT2D eigenvalue weighted by Gasteiger charge is -2.28. The van der Waals surface area contributed by atoms with Crippen molar-refractivity contribution in [1.29, 1.82) is 0 Å². The Bertz CT molecular complexity index is 1150. The molecule has 0 saturated carbocycles. The maximum atomic E-state index is 13.5. The Labute approximate surface area is 185 Å². The van der Waals surface area contributed by atoms with E-state index < -0.39 is 34.1 Å². The van der Waals surface area contributed by atoms with Crippen LogP contribution in [0.3, 0.4) is 0 Å². The van der Waals surface area contributed by atoms with Crippen LogP contribution >= 0.6 is 12.2 Å². The van der Waals surface area contributed by atoms with Crippen LogP contribution in [-0.4, -0.2) is 53.9 Å². The smallest absolute Gasteiger partial charge is 0.416 e. The van der Waals surface area contributed by atoms with Gasteiger partial charge in [-0.15, -0.1) is 0 Å². The molecule has 162 valence electrons. The highest BCUT2D eigenvalue weighted by Crippen LogP contribution is 2.36. The van der Waals surface area contributed by atoms with Gasteiger partial charge in [0.2, 0.25) is 0 Å². The second-order valence-corrected chi connectivity index (χ2v) is 9.70. The van der Waals surface area contributed by atoms with Crippen molar-refractivity contribution in [2.75, 3.05) is 13.2 Å². The molecule has 2 heterocycles. The molecule has 2 aromatic rings. The van der Waals surface area contributed by atoms with Gasteiger partial charge < -0.3 is 10.1 Å². The molecule has 2 atom stereocenters. The predicted molar refractivity (Wildman–Crippen MR) is 117 cm³/mol. The van der Waals surface area contributed by atoms with Crippen LogP contribution in [0.15, 0.2) is 53.4 Å². The molecular formula is C21H21N3O5S2. The third-order valence-corrected chi connectivity index (χ3v) is 7.56. The highest BCUT2D eigenvalue weighted by molar-refractivity contribution is 7.91. The number of thiocarbonyl (C=S) groups is 1. The Hall–Kier alpha value is -2.98. The summed E-state index contributed by atoms with van der Waals surface area (Å²) in [4.78, 5) is 26.2. The molecule has 1 N–H and O–H groups in total. The molecule has 0 aliphatic carbocycles. The maximum Gasteiger partial charge on any atom is 0.416 e. The molecular weight excluding hydrogens is 438 g/mol. The molecule has 0 aromatic heterocycles. The molecule has 31 heavy (non-hydrogen) atoms. The predicted octanol–water partition coefficient (Wildman–Crippen LogP) is 2.27. The van der Waals surface area contributed by atoms with Crippen molar-refractivity contribution >= 4 is 39.4 Å². The number of aryl methyl sites for hydroxylation is 2. The summed E-state index contributed by atoms with van der Waals surface area (Å²) in [6.07, 6.45) is -0.750. The summed E-state index contributed by atoms with van der Waals surface area (Å²) in [6.45, 7) is 3.97. The van der Waals surface area contributed by atoms with Crippen LogP contribution in [0.25, 0.3) is 0 Å². The van der Waals surface area contributed by atoms with Crippen molar-refractivity contribution in [3.05, 3.63) is 65.2 Å². The molecule has 2 amide bonds. The van der Waals surface area contributed by atoms with Gasteiger partial charge in [0.25, 0.3) is 15.9 Å². The minimum Gasteiger partial charge on any atom is -0.447 e. The molecule has 2 saturated heterocycles. The first-order chi connectivity index (χ1) is 14.7. The quantitative estimate of drug-likeness (QED) is 0.701. The third kappa shape index (κ3) is 3.77. The zero-order valence-corrected chi connectivity index (χ0v) is 18.6. The van der Waals surface area contributed by atoms with Crippen LogP contribution in [-0.2, 0) is 19.6 Å². The Morgan fingerprint density at radius 1 is 1.06 bits per heavy atom. The zero-order chi connectivity index (χ0) is 22.3. The average Bonchev–Trinajstić information content (AvgIpc) is 3.32. The molecule has 2 aliphatic heterocycles. The fourth-order valence-electron chi connectivity index (χ4n) is 3.67. The molecule has 10 heteroatoms. The van der Waals surface area contributed by atoms with Crippen molar-refractivity contribution in [1.82, 2.24) is 14.5 Å². The number of carbonyl (C=O) groups is 2. The van der Waals surface area contributed by atoms with Crippen molar-refractivity contribution < 1.29 is 22.7 Å². The van der Waals surface area contributed by atoms with E-state index in [4.69, 9.17) is 17.0 Å². The number of benzene rings is 2. The Balaban J connectivity index is 1.80. The standard InChI is InChI=1S/C21H21N3O5S2/c1-13-3-7-15(8-4-13)18-17(19(25)23-11-12-29-21(23)26)22-20(30)24(18)31(27,28)16-9-5-14(2)6-10-16/h3-10,17-18H,11-12H2,1-2H3,(H,22,30)/t17-,18-/m0/s1. The van der Waals surface area contributed by atoms with Gasteiger partial charge >= 0.3 is 6.09 Å². The van der Waals surface area contributed by atoms with Gasteiger partial charge in [0.05, 0.1) is 11.4 Å². The molecule has 0 unspecified atom stereocenters. The molecule has 2 fully saturated rings. The maximum absolute atomic E-state index is 13.5. The van der Waals surface area contributed by atoms with E-state index in [9.17, 15) is 18.0 Å². The lowest BCUT2D eigenvalue weighted by Crippen LogP contribution is -2.47. The summed E-state index contributed by atoms with van der Waals surface area (Å²) in [6, 6.07) is 11.6. The lowest BCUT2D eigenvalue weighted by atomic mass is 9.99. The monoisotopic (exact) mass is 459 g/mol. The van der Waals surface area contributed by atoms with Crippen molar-refractivity contribution in [3.8, 4) is 0 Å². The van der Waals surface area contributed by atoms with Gasteiger partial charge in [-0.3, -0.25) is 4.79 Å². The van der Waals surface area contributed by atoms with Gasteiger partial charge in [0.1, 0.15) is 18.7 Å². The van der Waals surface area contributed by atoms with Crippen LogP contribution < -0.4 is 5.32 Å². The lowest BCUT2D eigenvalue weighted by molar-refractivity contribution is -0.130. The van der Waals surface area contributed by atoms with E-state index in [-0.39, 0.29) is 23.2 Å². The highest BCUT2D eigenvalue weighted by atomic mass is 32.2. The van der Waals surface area contributed by atoms with E-state index >= 15 is 0 Å². The number of cyclic esters (lactones) is 1. The van der Waals surface area contributed by atoms with Crippen LogP contribution in [0.5, 0.6) is 0 Å². The van der Waals surface area contributed by atoms with Gasteiger partial charge in [-0.25, -0.2) is 22.4 Å². The summed E-state index contributed by atoms with van der Waals surface area (Å²) in [5.41, 5.74) is 2.48. The number of carbonyl (C=O) groups excluding carboxylic acids is 2. The van der Waals surface area contributed by atoms with E-state index in [1.54, 1.807) is 24.3 Å². The van der Waals surface area contributed by atoms with Crippen molar-refractivity contribution in [3.63, 3.8) is 0 Å². The molecule has 0 bridgehead atoms. The average molecular weight is 460 g/mol. The summed E-state index contributed by atoms with van der Waals surface area (Å²) in [5, 5.41) is 2.73. The largest absolute Gasteiger partial charge is 0.447 e. The number of rotatable bonds is 4. The Morgan fingerprint density at radius 3 is 2.19 bits per heavy atom. The molecule has 2 aliphatic rings. The SMILES string of the molecule is Cc1ccc([C@H]2[C@@H](C(=O)N3CCOC3=O)NC(=S)N2S(=O)(=O)c2ccc(C)cc2)cc1. The first-order valence-electron chi connectivity index (χ1n) is 9.66. The first-order valence-corrected chi connectivity index (χ1v) is 11.5. The van der Waals surface area contributed by atoms with Gasteiger partial charge in [0, 0.05) is 0 Å². The first kappa shape index (κ1) is 21.3. The van der Waals surface area contributed by atoms with Gasteiger partial charge in [-0.05, 0) is 43.8 Å². The highest BCUT2D eigenvalue weighted by Gasteiger charge is 2.50. The van der Waals surface area contributed by atoms with Gasteiger partial charge in [-0.2, -0.15) is 0 Å². The third-order valence-electron chi connectivity index (χ3n) is 5.34. The second kappa shape index (κ2) is 7.93. The number of hydrogen-bond donors (Lipinski definition) is 1. The second-order valence-electron chi connectivity index (χ2n) is 7.50. The zero-order valence-electron chi connectivity index (χ0n) is 16.9. The topological polar surface area (TPSA) is 96.0 Å². The van der Waals surface area contributed by atoms with Crippen LogP contribution in [0.4, 0.5) is 4.79 Å². The van der Waals surface area contributed by atoms with Crippen LogP contribution in [0.1, 0.15) is 22.7 Å². The number of amides is 2. The van der Waals surface area contributed by atoms with E-state index in [2.05, 4.69) is 5.32 Å². The van der Waals surface area contributed by atoms with Crippen molar-refractivity contribution in [2.45, 2.75) is 30.8 Å². The van der Waals surface area contributed by atoms with Crippen LogP contribution in [0.2, 0.25) is 0 Å². The summed E-state index contributed by atoms with van der Waals surface area (Å²) in [7, 11) is -4.07. The molecule has 2 aromatic carbocycles. The van der Waals surface area contributed by atoms with Crippen molar-refractivity contribution in [2.24, 2.45) is 0 Å². The minimum atomic E-state index is -4.07.